The third-order valence-corrected chi connectivity index (χ3v) is 6.97. The lowest BCUT2D eigenvalue weighted by atomic mass is 10.1. The van der Waals surface area contributed by atoms with Crippen LogP contribution in [-0.2, 0) is 4.74 Å². The fourth-order valence-electron chi connectivity index (χ4n) is 3.75. The maximum Gasteiger partial charge on any atom is 0.350 e. The van der Waals surface area contributed by atoms with Gasteiger partial charge in [-0.1, -0.05) is 35.1 Å². The second kappa shape index (κ2) is 10.6. The number of nitrogens with one attached hydrogen (secondary N) is 1. The van der Waals surface area contributed by atoms with E-state index in [0.29, 0.717) is 18.3 Å². The Bertz CT molecular complexity index is 1380. The molecule has 1 fully saturated rings. The molecular formula is C25H21ClFN5O3S. The summed E-state index contributed by atoms with van der Waals surface area (Å²) in [5.41, 5.74) is 2.55. The van der Waals surface area contributed by atoms with Gasteiger partial charge < -0.3 is 15.0 Å². The molecule has 2 N–H and O–H groups in total. The zero-order chi connectivity index (χ0) is 25.1. The molecule has 8 nitrogen and oxygen atoms in total. The standard InChI is InChI=1S/C25H21ClFN5O3S/c26-18-4-5-21(20(27)15-18)29-24(33)32(34)19-3-1-2-17(14-19)23-22(16-6-8-28-9-7-16)30-25(36-23)31-10-12-35-13-11-31/h1-9,14-15,34H,10-13H2,(H,29,33). The summed E-state index contributed by atoms with van der Waals surface area (Å²) in [5, 5.41) is 14.4. The van der Waals surface area contributed by atoms with Gasteiger partial charge in [0.1, 0.15) is 5.82 Å². The minimum atomic E-state index is -0.916. The Morgan fingerprint density at radius 2 is 1.89 bits per heavy atom. The van der Waals surface area contributed by atoms with Gasteiger partial charge in [-0.2, -0.15) is 5.06 Å². The number of carbonyl (C=O) groups is 1. The van der Waals surface area contributed by atoms with E-state index in [2.05, 4.69) is 15.2 Å². The Labute approximate surface area is 215 Å². The first kappa shape index (κ1) is 24.1. The first-order chi connectivity index (χ1) is 17.5. The number of nitrogens with zero attached hydrogens (tertiary/aromatic N) is 4. The van der Waals surface area contributed by atoms with Gasteiger partial charge in [0.15, 0.2) is 5.13 Å². The molecule has 0 spiro atoms. The van der Waals surface area contributed by atoms with Crippen molar-refractivity contribution < 1.29 is 19.1 Å². The summed E-state index contributed by atoms with van der Waals surface area (Å²) in [6.07, 6.45) is 3.41. The summed E-state index contributed by atoms with van der Waals surface area (Å²) in [6.45, 7) is 2.76. The molecule has 0 aliphatic carbocycles. The highest BCUT2D eigenvalue weighted by Gasteiger charge is 2.22. The molecule has 4 aromatic rings. The number of amides is 2. The minimum absolute atomic E-state index is 0.0998. The number of pyridine rings is 1. The number of hydrogen-bond acceptors (Lipinski definition) is 7. The molecule has 2 aromatic heterocycles. The van der Waals surface area contributed by atoms with E-state index in [-0.39, 0.29) is 16.4 Å². The van der Waals surface area contributed by atoms with Crippen LogP contribution in [0.3, 0.4) is 0 Å². The minimum Gasteiger partial charge on any atom is -0.378 e. The van der Waals surface area contributed by atoms with Gasteiger partial charge in [0.25, 0.3) is 0 Å². The van der Waals surface area contributed by atoms with Crippen LogP contribution in [0.25, 0.3) is 21.7 Å². The van der Waals surface area contributed by atoms with Gasteiger partial charge in [-0.3, -0.25) is 10.2 Å². The van der Waals surface area contributed by atoms with Crippen molar-refractivity contribution in [3.05, 3.63) is 77.8 Å². The molecule has 0 atom stereocenters. The summed E-state index contributed by atoms with van der Waals surface area (Å²) in [4.78, 5) is 24.7. The third-order valence-electron chi connectivity index (χ3n) is 5.57. The second-order valence-electron chi connectivity index (χ2n) is 7.93. The normalized spacial score (nSPS) is 13.5. The van der Waals surface area contributed by atoms with E-state index in [1.54, 1.807) is 30.6 Å². The highest BCUT2D eigenvalue weighted by atomic mass is 35.5. The number of hydroxylamine groups is 1. The van der Waals surface area contributed by atoms with Crippen molar-refractivity contribution in [1.29, 1.82) is 0 Å². The summed E-state index contributed by atoms with van der Waals surface area (Å²) < 4.78 is 19.6. The van der Waals surface area contributed by atoms with E-state index in [1.807, 2.05) is 18.2 Å². The first-order valence-corrected chi connectivity index (χ1v) is 12.3. The maximum atomic E-state index is 14.1. The van der Waals surface area contributed by atoms with Crippen LogP contribution in [0.1, 0.15) is 0 Å². The van der Waals surface area contributed by atoms with E-state index in [0.717, 1.165) is 46.0 Å². The van der Waals surface area contributed by atoms with Crippen molar-refractivity contribution in [2.45, 2.75) is 0 Å². The highest BCUT2D eigenvalue weighted by molar-refractivity contribution is 7.19. The average molecular weight is 526 g/mol. The SMILES string of the molecule is O=C(Nc1ccc(Cl)cc1F)N(O)c1cccc(-c2sc(N3CCOCC3)nc2-c2ccncc2)c1. The van der Waals surface area contributed by atoms with E-state index >= 15 is 0 Å². The largest absolute Gasteiger partial charge is 0.378 e. The molecule has 2 amide bonds. The molecular weight excluding hydrogens is 505 g/mol. The summed E-state index contributed by atoms with van der Waals surface area (Å²) in [6, 6.07) is 13.6. The number of urea groups is 1. The molecule has 1 aliphatic heterocycles. The topological polar surface area (TPSA) is 90.8 Å². The van der Waals surface area contributed by atoms with Crippen LogP contribution in [0.15, 0.2) is 67.0 Å². The van der Waals surface area contributed by atoms with Crippen molar-refractivity contribution in [1.82, 2.24) is 9.97 Å². The lowest BCUT2D eigenvalue weighted by Crippen LogP contribution is -2.36. The van der Waals surface area contributed by atoms with Gasteiger partial charge in [-0.15, -0.1) is 0 Å². The molecule has 0 saturated carbocycles. The fraction of sp³-hybridized carbons (Fsp3) is 0.160. The summed E-state index contributed by atoms with van der Waals surface area (Å²) in [5.74, 6) is -0.708. The summed E-state index contributed by atoms with van der Waals surface area (Å²) in [7, 11) is 0. The predicted molar refractivity (Wildman–Crippen MR) is 139 cm³/mol. The highest BCUT2D eigenvalue weighted by Crippen LogP contribution is 2.41. The number of aromatic nitrogens is 2. The van der Waals surface area contributed by atoms with Crippen molar-refractivity contribution >= 4 is 45.5 Å². The number of benzene rings is 2. The molecule has 1 saturated heterocycles. The Morgan fingerprint density at radius 1 is 1.11 bits per heavy atom. The third kappa shape index (κ3) is 5.17. The van der Waals surface area contributed by atoms with E-state index in [4.69, 9.17) is 21.3 Å². The van der Waals surface area contributed by atoms with E-state index in [9.17, 15) is 14.4 Å². The van der Waals surface area contributed by atoms with Gasteiger partial charge in [0, 0.05) is 36.1 Å². The Hall–Kier alpha value is -3.57. The molecule has 11 heteroatoms. The summed E-state index contributed by atoms with van der Waals surface area (Å²) >= 11 is 7.29. The number of rotatable bonds is 5. The molecule has 2 aromatic carbocycles. The number of anilines is 3. The molecule has 0 bridgehead atoms. The Morgan fingerprint density at radius 3 is 2.64 bits per heavy atom. The first-order valence-electron chi connectivity index (χ1n) is 11.1. The van der Waals surface area contributed by atoms with Gasteiger partial charge >= 0.3 is 6.03 Å². The van der Waals surface area contributed by atoms with Crippen LogP contribution < -0.4 is 15.3 Å². The molecule has 3 heterocycles. The number of halogens is 2. The number of ether oxygens (including phenoxy) is 1. The van der Waals surface area contributed by atoms with Crippen LogP contribution in [0, 0.1) is 5.82 Å². The van der Waals surface area contributed by atoms with E-state index < -0.39 is 11.8 Å². The van der Waals surface area contributed by atoms with Gasteiger partial charge in [-0.25, -0.2) is 14.2 Å². The zero-order valence-electron chi connectivity index (χ0n) is 18.9. The van der Waals surface area contributed by atoms with E-state index in [1.165, 1.54) is 23.5 Å². The van der Waals surface area contributed by atoms with Crippen LogP contribution in [0.2, 0.25) is 5.02 Å². The van der Waals surface area contributed by atoms with Crippen molar-refractivity contribution in [2.24, 2.45) is 0 Å². The van der Waals surface area contributed by atoms with Gasteiger partial charge in [0.05, 0.1) is 35.2 Å². The Kier molecular flexibility index (Phi) is 7.10. The second-order valence-corrected chi connectivity index (χ2v) is 9.34. The van der Waals surface area contributed by atoms with Crippen molar-refractivity contribution in [3.8, 4) is 21.7 Å². The number of carbonyl (C=O) groups excluding carboxylic acids is 1. The monoisotopic (exact) mass is 525 g/mol. The molecule has 36 heavy (non-hydrogen) atoms. The smallest absolute Gasteiger partial charge is 0.350 e. The quantitative estimate of drug-likeness (QED) is 0.248. The molecule has 184 valence electrons. The average Bonchev–Trinajstić information content (AvgIpc) is 3.37. The molecule has 0 radical (unpaired) electrons. The van der Waals surface area contributed by atoms with Crippen molar-refractivity contribution in [2.75, 3.05) is 41.6 Å². The number of thiazole rings is 1. The number of hydrogen-bond donors (Lipinski definition) is 2. The van der Waals surface area contributed by atoms with Crippen LogP contribution in [0.4, 0.5) is 25.7 Å². The lowest BCUT2D eigenvalue weighted by Gasteiger charge is -2.26. The molecule has 1 aliphatic rings. The predicted octanol–water partition coefficient (Wildman–Crippen LogP) is 5.93. The fourth-order valence-corrected chi connectivity index (χ4v) is 5.05. The van der Waals surface area contributed by atoms with Gasteiger partial charge in [0.2, 0.25) is 0 Å². The lowest BCUT2D eigenvalue weighted by molar-refractivity contribution is 0.122. The van der Waals surface area contributed by atoms with Crippen molar-refractivity contribution in [3.63, 3.8) is 0 Å². The maximum absolute atomic E-state index is 14.1. The van der Waals surface area contributed by atoms with Crippen LogP contribution in [-0.4, -0.2) is 47.5 Å². The molecule has 0 unspecified atom stereocenters. The zero-order valence-corrected chi connectivity index (χ0v) is 20.5. The Balaban J connectivity index is 1.46. The van der Waals surface area contributed by atoms with Crippen LogP contribution >= 0.6 is 22.9 Å². The molecule has 5 rings (SSSR count). The van der Waals surface area contributed by atoms with Gasteiger partial charge in [-0.05, 0) is 48.0 Å². The van der Waals surface area contributed by atoms with Crippen LogP contribution in [0.5, 0.6) is 0 Å². The number of morpholine rings is 1.